The van der Waals surface area contributed by atoms with E-state index in [1.165, 1.54) is 0 Å². The fraction of sp³-hybridized carbons (Fsp3) is 0.200. The first-order valence-electron chi connectivity index (χ1n) is 8.49. The smallest absolute Gasteiger partial charge is 0.251 e. The SMILES string of the molecule is COc1cc(NCCCNC(=O)c2ccc(Cl)c(Cl)c2)nc2ccccc12. The van der Waals surface area contributed by atoms with E-state index in [0.29, 0.717) is 28.7 Å². The molecule has 0 saturated carbocycles. The molecule has 0 unspecified atom stereocenters. The van der Waals surface area contributed by atoms with Gasteiger partial charge in [-0.3, -0.25) is 4.79 Å². The van der Waals surface area contributed by atoms with E-state index in [9.17, 15) is 4.79 Å². The summed E-state index contributed by atoms with van der Waals surface area (Å²) in [6.45, 7) is 1.19. The zero-order chi connectivity index (χ0) is 19.2. The topological polar surface area (TPSA) is 63.2 Å². The summed E-state index contributed by atoms with van der Waals surface area (Å²) < 4.78 is 5.44. The van der Waals surface area contributed by atoms with Crippen LogP contribution in [0.2, 0.25) is 10.0 Å². The first-order chi connectivity index (χ1) is 13.1. The van der Waals surface area contributed by atoms with Crippen molar-refractivity contribution in [3.05, 3.63) is 64.1 Å². The molecule has 0 saturated heterocycles. The average Bonchev–Trinajstić information content (AvgIpc) is 2.69. The number of halogens is 2. The van der Waals surface area contributed by atoms with Gasteiger partial charge in [0.15, 0.2) is 0 Å². The van der Waals surface area contributed by atoms with Crippen molar-refractivity contribution in [3.63, 3.8) is 0 Å². The standard InChI is InChI=1S/C20H19Cl2N3O2/c1-27-18-12-19(25-17-6-3-2-5-14(17)18)23-9-4-10-24-20(26)13-7-8-15(21)16(22)11-13/h2-3,5-8,11-12H,4,9-10H2,1H3,(H,23,25)(H,24,26). The van der Waals surface area contributed by atoms with Crippen LogP contribution in [0, 0.1) is 0 Å². The van der Waals surface area contributed by atoms with Gasteiger partial charge in [-0.1, -0.05) is 35.3 Å². The summed E-state index contributed by atoms with van der Waals surface area (Å²) in [5.41, 5.74) is 1.35. The predicted octanol–water partition coefficient (Wildman–Crippen LogP) is 4.78. The first kappa shape index (κ1) is 19.3. The maximum absolute atomic E-state index is 12.1. The molecule has 2 aromatic carbocycles. The Balaban J connectivity index is 1.51. The summed E-state index contributed by atoms with van der Waals surface area (Å²) in [4.78, 5) is 16.7. The van der Waals surface area contributed by atoms with Gasteiger partial charge in [0.05, 0.1) is 22.7 Å². The van der Waals surface area contributed by atoms with Crippen molar-refractivity contribution in [2.24, 2.45) is 0 Å². The monoisotopic (exact) mass is 403 g/mol. The largest absolute Gasteiger partial charge is 0.496 e. The summed E-state index contributed by atoms with van der Waals surface area (Å²) in [7, 11) is 1.64. The van der Waals surface area contributed by atoms with Gasteiger partial charge in [-0.05, 0) is 36.8 Å². The zero-order valence-electron chi connectivity index (χ0n) is 14.8. The number of fused-ring (bicyclic) bond motifs is 1. The van der Waals surface area contributed by atoms with Crippen LogP contribution >= 0.6 is 23.2 Å². The number of amides is 1. The van der Waals surface area contributed by atoms with Gasteiger partial charge in [-0.2, -0.15) is 0 Å². The number of methoxy groups -OCH3 is 1. The van der Waals surface area contributed by atoms with Gasteiger partial charge in [-0.15, -0.1) is 0 Å². The molecule has 0 aliphatic rings. The number of carbonyl (C=O) groups excluding carboxylic acids is 1. The lowest BCUT2D eigenvalue weighted by atomic mass is 10.2. The molecule has 5 nitrogen and oxygen atoms in total. The van der Waals surface area contributed by atoms with Crippen LogP contribution in [0.4, 0.5) is 5.82 Å². The number of aromatic nitrogens is 1. The molecule has 7 heteroatoms. The molecular formula is C20H19Cl2N3O2. The van der Waals surface area contributed by atoms with Crippen LogP contribution in [0.3, 0.4) is 0 Å². The predicted molar refractivity (Wildman–Crippen MR) is 110 cm³/mol. The fourth-order valence-electron chi connectivity index (χ4n) is 2.65. The average molecular weight is 404 g/mol. The molecule has 1 aromatic heterocycles. The Morgan fingerprint density at radius 2 is 1.89 bits per heavy atom. The lowest BCUT2D eigenvalue weighted by Crippen LogP contribution is -2.25. The molecule has 0 spiro atoms. The van der Waals surface area contributed by atoms with Gasteiger partial charge >= 0.3 is 0 Å². The maximum Gasteiger partial charge on any atom is 0.251 e. The van der Waals surface area contributed by atoms with Gasteiger partial charge in [0.2, 0.25) is 0 Å². The second-order valence-corrected chi connectivity index (χ2v) is 6.71. The molecule has 0 fully saturated rings. The molecular weight excluding hydrogens is 385 g/mol. The third-order valence-corrected chi connectivity index (χ3v) is 4.76. The number of pyridine rings is 1. The summed E-state index contributed by atoms with van der Waals surface area (Å²) in [6.07, 6.45) is 0.740. The Morgan fingerprint density at radius 1 is 1.07 bits per heavy atom. The van der Waals surface area contributed by atoms with Crippen LogP contribution in [-0.4, -0.2) is 31.1 Å². The highest BCUT2D eigenvalue weighted by Crippen LogP contribution is 2.27. The Labute approximate surface area is 167 Å². The first-order valence-corrected chi connectivity index (χ1v) is 9.25. The van der Waals surface area contributed by atoms with E-state index in [1.807, 2.05) is 30.3 Å². The quantitative estimate of drug-likeness (QED) is 0.557. The van der Waals surface area contributed by atoms with E-state index < -0.39 is 0 Å². The lowest BCUT2D eigenvalue weighted by molar-refractivity contribution is 0.0953. The van der Waals surface area contributed by atoms with Gasteiger partial charge in [0.25, 0.3) is 5.91 Å². The Bertz CT molecular complexity index is 963. The number of benzene rings is 2. The molecule has 1 amide bonds. The van der Waals surface area contributed by atoms with Crippen molar-refractivity contribution in [2.45, 2.75) is 6.42 Å². The minimum atomic E-state index is -0.181. The molecule has 2 N–H and O–H groups in total. The third kappa shape index (κ3) is 4.81. The number of nitrogens with zero attached hydrogens (tertiary/aromatic N) is 1. The Morgan fingerprint density at radius 3 is 2.67 bits per heavy atom. The van der Waals surface area contributed by atoms with Crippen molar-refractivity contribution in [1.82, 2.24) is 10.3 Å². The Hall–Kier alpha value is -2.50. The number of rotatable bonds is 7. The van der Waals surface area contributed by atoms with E-state index in [4.69, 9.17) is 27.9 Å². The number of nitrogens with one attached hydrogen (secondary N) is 2. The molecule has 0 atom stereocenters. The molecule has 0 aliphatic heterocycles. The second-order valence-electron chi connectivity index (χ2n) is 5.89. The number of para-hydroxylation sites is 1. The number of carbonyl (C=O) groups is 1. The number of anilines is 1. The normalized spacial score (nSPS) is 10.6. The minimum Gasteiger partial charge on any atom is -0.496 e. The van der Waals surface area contributed by atoms with Gasteiger partial charge in [0, 0.05) is 30.1 Å². The number of hydrogen-bond acceptors (Lipinski definition) is 4. The van der Waals surface area contributed by atoms with E-state index in [-0.39, 0.29) is 5.91 Å². The van der Waals surface area contributed by atoms with Crippen LogP contribution in [0.1, 0.15) is 16.8 Å². The van der Waals surface area contributed by atoms with Gasteiger partial charge in [-0.25, -0.2) is 4.98 Å². The summed E-state index contributed by atoms with van der Waals surface area (Å²) >= 11 is 11.8. The zero-order valence-corrected chi connectivity index (χ0v) is 16.3. The molecule has 0 aliphatic carbocycles. The maximum atomic E-state index is 12.1. The molecule has 140 valence electrons. The molecule has 3 rings (SSSR count). The van der Waals surface area contributed by atoms with Crippen molar-refractivity contribution >= 4 is 45.8 Å². The number of ether oxygens (including phenoxy) is 1. The van der Waals surface area contributed by atoms with Gasteiger partial charge in [0.1, 0.15) is 11.6 Å². The van der Waals surface area contributed by atoms with Crippen LogP contribution in [0.15, 0.2) is 48.5 Å². The highest BCUT2D eigenvalue weighted by Gasteiger charge is 2.08. The van der Waals surface area contributed by atoms with E-state index in [2.05, 4.69) is 15.6 Å². The van der Waals surface area contributed by atoms with Crippen LogP contribution in [0.25, 0.3) is 10.9 Å². The van der Waals surface area contributed by atoms with Crippen molar-refractivity contribution in [3.8, 4) is 5.75 Å². The molecule has 27 heavy (non-hydrogen) atoms. The lowest BCUT2D eigenvalue weighted by Gasteiger charge is -2.11. The van der Waals surface area contributed by atoms with E-state index in [1.54, 1.807) is 25.3 Å². The Kier molecular flexibility index (Phi) is 6.37. The van der Waals surface area contributed by atoms with Crippen molar-refractivity contribution in [2.75, 3.05) is 25.5 Å². The van der Waals surface area contributed by atoms with Crippen LogP contribution < -0.4 is 15.4 Å². The van der Waals surface area contributed by atoms with Crippen molar-refractivity contribution in [1.29, 1.82) is 0 Å². The molecule has 1 heterocycles. The van der Waals surface area contributed by atoms with Gasteiger partial charge < -0.3 is 15.4 Å². The highest BCUT2D eigenvalue weighted by atomic mass is 35.5. The van der Waals surface area contributed by atoms with Crippen molar-refractivity contribution < 1.29 is 9.53 Å². The third-order valence-electron chi connectivity index (χ3n) is 4.03. The van der Waals surface area contributed by atoms with E-state index >= 15 is 0 Å². The highest BCUT2D eigenvalue weighted by molar-refractivity contribution is 6.42. The summed E-state index contributed by atoms with van der Waals surface area (Å²) in [5.74, 6) is 1.33. The molecule has 0 bridgehead atoms. The summed E-state index contributed by atoms with van der Waals surface area (Å²) in [5, 5.41) is 7.88. The molecule has 3 aromatic rings. The van der Waals surface area contributed by atoms with Crippen LogP contribution in [-0.2, 0) is 0 Å². The van der Waals surface area contributed by atoms with E-state index in [0.717, 1.165) is 28.9 Å². The minimum absolute atomic E-state index is 0.181. The fourth-order valence-corrected chi connectivity index (χ4v) is 2.95. The summed E-state index contributed by atoms with van der Waals surface area (Å²) in [6, 6.07) is 14.5. The molecule has 0 radical (unpaired) electrons. The number of hydrogen-bond donors (Lipinski definition) is 2. The van der Waals surface area contributed by atoms with Crippen LogP contribution in [0.5, 0.6) is 5.75 Å². The second kappa shape index (κ2) is 8.93.